The van der Waals surface area contributed by atoms with Crippen LogP contribution >= 0.6 is 27.3 Å². The highest BCUT2D eigenvalue weighted by Gasteiger charge is 2.15. The number of benzene rings is 3. The van der Waals surface area contributed by atoms with Crippen molar-refractivity contribution >= 4 is 49.1 Å². The van der Waals surface area contributed by atoms with E-state index in [-0.39, 0.29) is 5.91 Å². The average Bonchev–Trinajstić information content (AvgIpc) is 3.18. The summed E-state index contributed by atoms with van der Waals surface area (Å²) in [6, 6.07) is 19.6. The Morgan fingerprint density at radius 1 is 1.09 bits per heavy atom. The molecular weight excluding hydrogens is 484 g/mol. The third-order valence-electron chi connectivity index (χ3n) is 5.07. The Morgan fingerprint density at radius 3 is 2.62 bits per heavy atom. The number of rotatable bonds is 7. The van der Waals surface area contributed by atoms with E-state index in [2.05, 4.69) is 60.2 Å². The zero-order valence-corrected chi connectivity index (χ0v) is 20.7. The first-order valence-electron chi connectivity index (χ1n) is 10.6. The first-order valence-corrected chi connectivity index (χ1v) is 12.2. The largest absolute Gasteiger partial charge is 0.493 e. The number of carbonyl (C=O) groups excluding carboxylic acids is 1. The molecule has 1 amide bonds. The lowest BCUT2D eigenvalue weighted by Gasteiger charge is -2.13. The summed E-state index contributed by atoms with van der Waals surface area (Å²) in [5, 5.41) is 3.95. The van der Waals surface area contributed by atoms with Gasteiger partial charge < -0.3 is 10.1 Å². The van der Waals surface area contributed by atoms with Gasteiger partial charge in [-0.1, -0.05) is 35.8 Å². The van der Waals surface area contributed by atoms with Crippen molar-refractivity contribution in [1.29, 1.82) is 0 Å². The fourth-order valence-electron chi connectivity index (χ4n) is 3.26. The van der Waals surface area contributed by atoms with E-state index in [4.69, 9.17) is 9.72 Å². The first kappa shape index (κ1) is 22.5. The molecule has 0 aliphatic carbocycles. The highest BCUT2D eigenvalue weighted by atomic mass is 79.9. The number of aromatic nitrogens is 1. The van der Waals surface area contributed by atoms with Crippen molar-refractivity contribution in [2.45, 2.75) is 27.2 Å². The number of nitrogens with one attached hydrogen (secondary N) is 1. The van der Waals surface area contributed by atoms with Gasteiger partial charge in [0, 0.05) is 15.7 Å². The van der Waals surface area contributed by atoms with Crippen LogP contribution in [0, 0.1) is 12.8 Å². The zero-order chi connectivity index (χ0) is 22.7. The van der Waals surface area contributed by atoms with E-state index in [1.165, 1.54) is 10.3 Å². The van der Waals surface area contributed by atoms with Gasteiger partial charge >= 0.3 is 0 Å². The minimum absolute atomic E-state index is 0.200. The fourth-order valence-corrected chi connectivity index (χ4v) is 4.69. The van der Waals surface area contributed by atoms with Gasteiger partial charge in [0.05, 0.1) is 22.4 Å². The molecule has 0 aliphatic heterocycles. The lowest BCUT2D eigenvalue weighted by atomic mass is 10.1. The van der Waals surface area contributed by atoms with E-state index in [0.29, 0.717) is 23.8 Å². The van der Waals surface area contributed by atoms with Crippen molar-refractivity contribution in [3.8, 4) is 16.3 Å². The van der Waals surface area contributed by atoms with E-state index >= 15 is 0 Å². The van der Waals surface area contributed by atoms with Gasteiger partial charge in [0.25, 0.3) is 5.91 Å². The maximum absolute atomic E-state index is 13.0. The van der Waals surface area contributed by atoms with Crippen molar-refractivity contribution in [2.24, 2.45) is 5.92 Å². The molecule has 0 bridgehead atoms. The molecule has 0 saturated heterocycles. The van der Waals surface area contributed by atoms with Gasteiger partial charge in [-0.15, -0.1) is 11.3 Å². The smallest absolute Gasteiger partial charge is 0.259 e. The minimum Gasteiger partial charge on any atom is -0.493 e. The van der Waals surface area contributed by atoms with E-state index in [0.717, 1.165) is 32.7 Å². The Kier molecular flexibility index (Phi) is 6.92. The number of hydrogen-bond acceptors (Lipinski definition) is 4. The van der Waals surface area contributed by atoms with Crippen molar-refractivity contribution < 1.29 is 9.53 Å². The molecule has 0 aliphatic rings. The van der Waals surface area contributed by atoms with Crippen LogP contribution in [0.1, 0.15) is 36.2 Å². The molecule has 4 aromatic rings. The molecule has 3 aromatic carbocycles. The highest BCUT2D eigenvalue weighted by Crippen LogP contribution is 2.31. The number of nitrogens with zero attached hydrogens (tertiary/aromatic N) is 1. The maximum atomic E-state index is 13.0. The van der Waals surface area contributed by atoms with Crippen molar-refractivity contribution in [3.63, 3.8) is 0 Å². The molecular formula is C26H25BrN2O2S. The third-order valence-corrected chi connectivity index (χ3v) is 6.63. The molecule has 4 rings (SSSR count). The van der Waals surface area contributed by atoms with Gasteiger partial charge in [-0.2, -0.15) is 0 Å². The second-order valence-corrected chi connectivity index (χ2v) is 10.1. The summed E-state index contributed by atoms with van der Waals surface area (Å²) in [5.74, 6) is 0.933. The fraction of sp³-hybridized carbons (Fsp3) is 0.231. The van der Waals surface area contributed by atoms with Crippen LogP contribution in [0.25, 0.3) is 20.8 Å². The average molecular weight is 509 g/mol. The van der Waals surface area contributed by atoms with E-state index in [1.807, 2.05) is 36.4 Å². The van der Waals surface area contributed by atoms with Crippen LogP contribution in [0.2, 0.25) is 0 Å². The first-order chi connectivity index (χ1) is 15.4. The summed E-state index contributed by atoms with van der Waals surface area (Å²) in [4.78, 5) is 17.7. The summed E-state index contributed by atoms with van der Waals surface area (Å²) in [7, 11) is 0. The summed E-state index contributed by atoms with van der Waals surface area (Å²) < 4.78 is 7.90. The normalized spacial score (nSPS) is 11.2. The van der Waals surface area contributed by atoms with E-state index < -0.39 is 0 Å². The van der Waals surface area contributed by atoms with Gasteiger partial charge in [-0.05, 0) is 79.4 Å². The Labute approximate surface area is 200 Å². The van der Waals surface area contributed by atoms with Crippen LogP contribution in [0.5, 0.6) is 5.75 Å². The molecule has 1 aromatic heterocycles. The van der Waals surface area contributed by atoms with Gasteiger partial charge in [-0.3, -0.25) is 4.79 Å². The molecule has 0 radical (unpaired) electrons. The summed E-state index contributed by atoms with van der Waals surface area (Å²) in [6.07, 6.45) is 0.934. The molecule has 32 heavy (non-hydrogen) atoms. The molecule has 4 nitrogen and oxygen atoms in total. The molecule has 1 heterocycles. The molecule has 0 unspecified atom stereocenters. The standard InChI is InChI=1S/C26H25BrN2O2S/c1-16(2)12-13-31-23-11-7-19(27)15-21(23)25(30)28-20-8-5-18(6-9-20)26-29-22-10-4-17(3)14-24(22)32-26/h4-11,14-16H,12-13H2,1-3H3,(H,28,30). The predicted octanol–water partition coefficient (Wildman–Crippen LogP) is 7.71. The second-order valence-electron chi connectivity index (χ2n) is 8.19. The van der Waals surface area contributed by atoms with Gasteiger partial charge in [0.15, 0.2) is 0 Å². The molecule has 0 atom stereocenters. The Balaban J connectivity index is 1.49. The van der Waals surface area contributed by atoms with Crippen LogP contribution < -0.4 is 10.1 Å². The predicted molar refractivity (Wildman–Crippen MR) is 137 cm³/mol. The zero-order valence-electron chi connectivity index (χ0n) is 18.3. The molecule has 164 valence electrons. The Hall–Kier alpha value is -2.70. The summed E-state index contributed by atoms with van der Waals surface area (Å²) in [5.41, 5.74) is 4.50. The topological polar surface area (TPSA) is 51.2 Å². The van der Waals surface area contributed by atoms with Crippen molar-refractivity contribution in [3.05, 3.63) is 76.3 Å². The highest BCUT2D eigenvalue weighted by molar-refractivity contribution is 9.10. The molecule has 1 N–H and O–H groups in total. The Morgan fingerprint density at radius 2 is 1.88 bits per heavy atom. The lowest BCUT2D eigenvalue weighted by Crippen LogP contribution is -2.14. The van der Waals surface area contributed by atoms with Crippen molar-refractivity contribution in [2.75, 3.05) is 11.9 Å². The van der Waals surface area contributed by atoms with Crippen LogP contribution in [0.15, 0.2) is 65.1 Å². The van der Waals surface area contributed by atoms with Gasteiger partial charge in [-0.25, -0.2) is 4.98 Å². The number of anilines is 1. The summed E-state index contributed by atoms with van der Waals surface area (Å²) >= 11 is 5.13. The number of halogens is 1. The van der Waals surface area contributed by atoms with Crippen LogP contribution in [0.4, 0.5) is 5.69 Å². The SMILES string of the molecule is Cc1ccc2nc(-c3ccc(NC(=O)c4cc(Br)ccc4OCCC(C)C)cc3)sc2c1. The van der Waals surface area contributed by atoms with E-state index in [1.54, 1.807) is 17.4 Å². The molecule has 0 saturated carbocycles. The van der Waals surface area contributed by atoms with Crippen molar-refractivity contribution in [1.82, 2.24) is 4.98 Å². The lowest BCUT2D eigenvalue weighted by molar-refractivity contribution is 0.102. The van der Waals surface area contributed by atoms with Crippen LogP contribution in [-0.2, 0) is 0 Å². The number of hydrogen-bond donors (Lipinski definition) is 1. The third kappa shape index (κ3) is 5.37. The van der Waals surface area contributed by atoms with E-state index in [9.17, 15) is 4.79 Å². The van der Waals surface area contributed by atoms with Crippen LogP contribution in [0.3, 0.4) is 0 Å². The summed E-state index contributed by atoms with van der Waals surface area (Å²) in [6.45, 7) is 6.97. The number of ether oxygens (including phenoxy) is 1. The Bertz CT molecular complexity index is 1250. The number of thiazole rings is 1. The van der Waals surface area contributed by atoms with Gasteiger partial charge in [0.2, 0.25) is 0 Å². The number of amides is 1. The minimum atomic E-state index is -0.200. The van der Waals surface area contributed by atoms with Crippen LogP contribution in [-0.4, -0.2) is 17.5 Å². The maximum Gasteiger partial charge on any atom is 0.259 e. The quantitative estimate of drug-likeness (QED) is 0.278. The molecule has 0 spiro atoms. The molecule has 0 fully saturated rings. The second kappa shape index (κ2) is 9.84. The molecule has 6 heteroatoms. The monoisotopic (exact) mass is 508 g/mol. The number of fused-ring (bicyclic) bond motifs is 1. The number of carbonyl (C=O) groups is 1. The number of aryl methyl sites for hydroxylation is 1. The van der Waals surface area contributed by atoms with Gasteiger partial charge in [0.1, 0.15) is 10.8 Å².